The van der Waals surface area contributed by atoms with Crippen LogP contribution in [0.1, 0.15) is 20.3 Å². The summed E-state index contributed by atoms with van der Waals surface area (Å²) < 4.78 is 9.06. The Hall–Kier alpha value is -0.770. The maximum absolute atomic E-state index is 10.6. The molecule has 0 aliphatic heterocycles. The number of carbonyl (C=O) groups is 1. The molecule has 0 aliphatic rings. The number of carbonyl (C=O) groups excluding carboxylic acids is 1. The summed E-state index contributed by atoms with van der Waals surface area (Å²) in [4.78, 5) is 10.6. The fourth-order valence-corrected chi connectivity index (χ4v) is 0.416. The Morgan fingerprint density at radius 3 is 2.64 bits per heavy atom. The normalized spacial score (nSPS) is 12.3. The van der Waals surface area contributed by atoms with Gasteiger partial charge in [-0.05, 0) is 13.3 Å². The van der Waals surface area contributed by atoms with Crippen LogP contribution in [0, 0.1) is 0 Å². The smallest absolute Gasteiger partial charge is 0.434 e. The highest BCUT2D eigenvalue weighted by Crippen LogP contribution is 1.89. The standard InChI is InChI=1S/C7H14O4/c1-3-4-10-7(9)11-5-6(2)8/h6,8H,3-5H2,1-2H3. The minimum atomic E-state index is -0.715. The van der Waals surface area contributed by atoms with Gasteiger partial charge in [-0.25, -0.2) is 4.79 Å². The van der Waals surface area contributed by atoms with Crippen molar-refractivity contribution in [1.82, 2.24) is 0 Å². The summed E-state index contributed by atoms with van der Waals surface area (Å²) in [6, 6.07) is 0. The number of ether oxygens (including phenoxy) is 2. The van der Waals surface area contributed by atoms with Gasteiger partial charge >= 0.3 is 6.16 Å². The van der Waals surface area contributed by atoms with Crippen molar-refractivity contribution in [2.45, 2.75) is 26.4 Å². The van der Waals surface area contributed by atoms with Crippen molar-refractivity contribution in [3.63, 3.8) is 0 Å². The highest BCUT2D eigenvalue weighted by Gasteiger charge is 2.04. The Morgan fingerprint density at radius 2 is 2.18 bits per heavy atom. The molecule has 1 atom stereocenters. The van der Waals surface area contributed by atoms with Crippen molar-refractivity contribution in [3.8, 4) is 0 Å². The van der Waals surface area contributed by atoms with Gasteiger partial charge in [-0.15, -0.1) is 0 Å². The van der Waals surface area contributed by atoms with E-state index in [1.54, 1.807) is 0 Å². The summed E-state index contributed by atoms with van der Waals surface area (Å²) in [6.45, 7) is 3.77. The molecule has 0 radical (unpaired) electrons. The maximum atomic E-state index is 10.6. The number of hydrogen-bond acceptors (Lipinski definition) is 4. The van der Waals surface area contributed by atoms with Crippen LogP contribution in [-0.4, -0.2) is 30.6 Å². The quantitative estimate of drug-likeness (QED) is 0.625. The molecule has 11 heavy (non-hydrogen) atoms. The molecule has 4 nitrogen and oxygen atoms in total. The third-order valence-electron chi connectivity index (χ3n) is 0.866. The number of aliphatic hydroxyl groups is 1. The maximum Gasteiger partial charge on any atom is 0.508 e. The second-order valence-electron chi connectivity index (χ2n) is 2.26. The first-order chi connectivity index (χ1) is 5.16. The summed E-state index contributed by atoms with van der Waals surface area (Å²) in [5.41, 5.74) is 0. The van der Waals surface area contributed by atoms with Crippen LogP contribution in [0.4, 0.5) is 4.79 Å². The van der Waals surface area contributed by atoms with E-state index in [9.17, 15) is 4.79 Å². The molecular weight excluding hydrogens is 148 g/mol. The Kier molecular flexibility index (Phi) is 5.56. The molecule has 0 amide bonds. The molecular formula is C7H14O4. The SMILES string of the molecule is CCCOC(=O)OCC(C)O. The Balaban J connectivity index is 3.23. The molecule has 0 heterocycles. The van der Waals surface area contributed by atoms with E-state index >= 15 is 0 Å². The van der Waals surface area contributed by atoms with Crippen molar-refractivity contribution >= 4 is 6.16 Å². The fraction of sp³-hybridized carbons (Fsp3) is 0.857. The van der Waals surface area contributed by atoms with Gasteiger partial charge in [0.2, 0.25) is 0 Å². The molecule has 0 rings (SSSR count). The van der Waals surface area contributed by atoms with E-state index in [4.69, 9.17) is 5.11 Å². The van der Waals surface area contributed by atoms with Crippen LogP contribution in [0.5, 0.6) is 0 Å². The lowest BCUT2D eigenvalue weighted by molar-refractivity contribution is 0.0240. The van der Waals surface area contributed by atoms with Gasteiger partial charge in [-0.1, -0.05) is 6.92 Å². The Bertz CT molecular complexity index is 111. The van der Waals surface area contributed by atoms with Crippen LogP contribution in [0.25, 0.3) is 0 Å². The second kappa shape index (κ2) is 5.97. The summed E-state index contributed by atoms with van der Waals surface area (Å²) in [6.07, 6.45) is -0.582. The van der Waals surface area contributed by atoms with Crippen molar-refractivity contribution in [1.29, 1.82) is 0 Å². The molecule has 0 aromatic heterocycles. The van der Waals surface area contributed by atoms with Crippen LogP contribution in [0.3, 0.4) is 0 Å². The molecule has 0 saturated carbocycles. The number of rotatable bonds is 4. The minimum Gasteiger partial charge on any atom is -0.434 e. The number of aliphatic hydroxyl groups excluding tert-OH is 1. The lowest BCUT2D eigenvalue weighted by atomic mass is 10.5. The summed E-state index contributed by atoms with van der Waals surface area (Å²) >= 11 is 0. The van der Waals surface area contributed by atoms with E-state index in [1.165, 1.54) is 6.92 Å². The van der Waals surface area contributed by atoms with E-state index < -0.39 is 12.3 Å². The third-order valence-corrected chi connectivity index (χ3v) is 0.866. The first-order valence-electron chi connectivity index (χ1n) is 3.64. The fourth-order valence-electron chi connectivity index (χ4n) is 0.416. The molecule has 0 spiro atoms. The average Bonchev–Trinajstić information content (AvgIpc) is 1.97. The second-order valence-corrected chi connectivity index (χ2v) is 2.26. The van der Waals surface area contributed by atoms with Gasteiger partial charge in [-0.3, -0.25) is 0 Å². The topological polar surface area (TPSA) is 55.8 Å². The van der Waals surface area contributed by atoms with Crippen LogP contribution in [-0.2, 0) is 9.47 Å². The first kappa shape index (κ1) is 10.2. The van der Waals surface area contributed by atoms with Gasteiger partial charge < -0.3 is 14.6 Å². The van der Waals surface area contributed by atoms with Crippen LogP contribution < -0.4 is 0 Å². The molecule has 0 aliphatic carbocycles. The highest BCUT2D eigenvalue weighted by atomic mass is 16.7. The van der Waals surface area contributed by atoms with Crippen molar-refractivity contribution in [2.24, 2.45) is 0 Å². The van der Waals surface area contributed by atoms with Crippen molar-refractivity contribution in [3.05, 3.63) is 0 Å². The Labute approximate surface area is 66.1 Å². The molecule has 66 valence electrons. The van der Waals surface area contributed by atoms with Gasteiger partial charge in [0.15, 0.2) is 0 Å². The molecule has 0 fully saturated rings. The van der Waals surface area contributed by atoms with Crippen molar-refractivity contribution < 1.29 is 19.4 Å². The van der Waals surface area contributed by atoms with Crippen LogP contribution in [0.2, 0.25) is 0 Å². The zero-order chi connectivity index (χ0) is 8.69. The molecule has 0 aromatic rings. The molecule has 0 saturated heterocycles. The largest absolute Gasteiger partial charge is 0.508 e. The number of hydrogen-bond donors (Lipinski definition) is 1. The summed E-state index contributed by atoms with van der Waals surface area (Å²) in [5, 5.41) is 8.69. The van der Waals surface area contributed by atoms with E-state index in [0.717, 1.165) is 6.42 Å². The summed E-state index contributed by atoms with van der Waals surface area (Å²) in [5.74, 6) is 0. The van der Waals surface area contributed by atoms with Gasteiger partial charge in [0.1, 0.15) is 6.61 Å². The zero-order valence-corrected chi connectivity index (χ0v) is 6.87. The van der Waals surface area contributed by atoms with Crippen molar-refractivity contribution in [2.75, 3.05) is 13.2 Å². The summed E-state index contributed by atoms with van der Waals surface area (Å²) in [7, 11) is 0. The van der Waals surface area contributed by atoms with Gasteiger partial charge in [0.05, 0.1) is 12.7 Å². The van der Waals surface area contributed by atoms with Crippen LogP contribution >= 0.6 is 0 Å². The van der Waals surface area contributed by atoms with E-state index in [0.29, 0.717) is 6.61 Å². The highest BCUT2D eigenvalue weighted by molar-refractivity contribution is 5.59. The first-order valence-corrected chi connectivity index (χ1v) is 3.64. The lowest BCUT2D eigenvalue weighted by Gasteiger charge is -2.05. The van der Waals surface area contributed by atoms with Crippen LogP contribution in [0.15, 0.2) is 0 Å². The molecule has 0 aromatic carbocycles. The molecule has 4 heteroatoms. The Morgan fingerprint density at radius 1 is 1.55 bits per heavy atom. The average molecular weight is 162 g/mol. The predicted molar refractivity (Wildman–Crippen MR) is 39.3 cm³/mol. The molecule has 1 unspecified atom stereocenters. The monoisotopic (exact) mass is 162 g/mol. The zero-order valence-electron chi connectivity index (χ0n) is 6.87. The van der Waals surface area contributed by atoms with E-state index in [-0.39, 0.29) is 6.61 Å². The van der Waals surface area contributed by atoms with Gasteiger partial charge in [0.25, 0.3) is 0 Å². The minimum absolute atomic E-state index is 0.0114. The lowest BCUT2D eigenvalue weighted by Crippen LogP contribution is -2.16. The van der Waals surface area contributed by atoms with Gasteiger partial charge in [-0.2, -0.15) is 0 Å². The van der Waals surface area contributed by atoms with E-state index in [1.807, 2.05) is 6.92 Å². The molecule has 1 N–H and O–H groups in total. The third kappa shape index (κ3) is 7.12. The van der Waals surface area contributed by atoms with Gasteiger partial charge in [0, 0.05) is 0 Å². The van der Waals surface area contributed by atoms with E-state index in [2.05, 4.69) is 9.47 Å². The molecule has 0 bridgehead atoms. The predicted octanol–water partition coefficient (Wildman–Crippen LogP) is 0.930.